The van der Waals surface area contributed by atoms with E-state index in [1.165, 1.54) is 6.07 Å². The molecule has 7 aromatic rings. The molecule has 0 aliphatic carbocycles. The minimum atomic E-state index is -1.17. The predicted octanol–water partition coefficient (Wildman–Crippen LogP) is 12.8. The van der Waals surface area contributed by atoms with E-state index in [1.807, 2.05) is 82.3 Å². The van der Waals surface area contributed by atoms with Crippen LogP contribution in [0, 0.1) is 44.6 Å². The number of fused-ring (bicyclic) bond motifs is 7. The van der Waals surface area contributed by atoms with Gasteiger partial charge in [0.05, 0.1) is 34.3 Å². The Morgan fingerprint density at radius 3 is 1.99 bits per heavy atom. The summed E-state index contributed by atoms with van der Waals surface area (Å²) in [6, 6.07) is 50.5. The second kappa shape index (κ2) is 22.4. The molecule has 0 amide bonds. The standard InChI is InChI=1S/C64H55N5O7/c1-3-5-18-44-29-31-55-54(38-44)63(35-6-4-2,41-49-30-32-56(76-49)69(74)75)61(67(55)36-33-57(70)71)47(42-65)23-17-24-48(43-66)62-64(39-45-19-9-7-10-20-45,40-46-21-11-8-12-22-46)59-52-27-15-13-25-50(52)51-26-14-16-28-53(51)60(59)68(62)37-34-58(72)73/h7-17,19-32,38H,3,5,18,33-37,39-41H2,1-2H3,(H-,70,71,72,73)/p+1. The molecule has 378 valence electrons. The molecule has 0 radical (unpaired) electrons. The van der Waals surface area contributed by atoms with Gasteiger partial charge in [0.2, 0.25) is 11.4 Å². The monoisotopic (exact) mass is 1010 g/mol. The molecule has 1 unspecified atom stereocenters. The summed E-state index contributed by atoms with van der Waals surface area (Å²) in [6.45, 7) is 3.86. The maximum Gasteiger partial charge on any atom is 0.433 e. The van der Waals surface area contributed by atoms with Gasteiger partial charge in [-0.25, -0.2) is 0 Å². The minimum Gasteiger partial charge on any atom is -0.481 e. The third-order valence-corrected chi connectivity index (χ3v) is 14.7. The number of allylic oxidation sites excluding steroid dienone is 6. The number of unbranched alkanes of at least 4 members (excludes halogenated alkanes) is 1. The molecule has 0 fully saturated rings. The van der Waals surface area contributed by atoms with Gasteiger partial charge >= 0.3 is 17.8 Å². The van der Waals surface area contributed by atoms with Crippen LogP contribution in [0.25, 0.3) is 21.5 Å². The Kier molecular flexibility index (Phi) is 15.2. The molecule has 2 aliphatic rings. The Bertz CT molecular complexity index is 3650. The van der Waals surface area contributed by atoms with Crippen molar-refractivity contribution in [2.24, 2.45) is 0 Å². The van der Waals surface area contributed by atoms with Crippen molar-refractivity contribution in [1.82, 2.24) is 0 Å². The zero-order valence-corrected chi connectivity index (χ0v) is 42.5. The summed E-state index contributed by atoms with van der Waals surface area (Å²) in [5.74, 6) is 4.10. The highest BCUT2D eigenvalue weighted by molar-refractivity contribution is 6.21. The molecule has 12 nitrogen and oxygen atoms in total. The van der Waals surface area contributed by atoms with Crippen LogP contribution >= 0.6 is 0 Å². The molecular formula is C64H56N5O7+. The number of carboxylic acids is 2. The smallest absolute Gasteiger partial charge is 0.433 e. The molecule has 3 heterocycles. The molecular weight excluding hydrogens is 951 g/mol. The van der Waals surface area contributed by atoms with Crippen molar-refractivity contribution in [3.8, 4) is 24.0 Å². The van der Waals surface area contributed by atoms with Gasteiger partial charge in [-0.05, 0) is 101 Å². The van der Waals surface area contributed by atoms with Gasteiger partial charge in [-0.3, -0.25) is 19.7 Å². The maximum absolute atomic E-state index is 12.7. The van der Waals surface area contributed by atoms with Crippen LogP contribution in [-0.2, 0) is 46.1 Å². The Morgan fingerprint density at radius 1 is 0.763 bits per heavy atom. The van der Waals surface area contributed by atoms with Gasteiger partial charge in [-0.1, -0.05) is 135 Å². The minimum absolute atomic E-state index is 0.0119. The van der Waals surface area contributed by atoms with Gasteiger partial charge in [-0.2, -0.15) is 15.1 Å². The molecule has 0 saturated heterocycles. The topological polar surface area (TPSA) is 185 Å². The first-order chi connectivity index (χ1) is 37.0. The van der Waals surface area contributed by atoms with Crippen molar-refractivity contribution in [2.45, 2.75) is 82.5 Å². The summed E-state index contributed by atoms with van der Waals surface area (Å²) in [5.41, 5.74) is 5.69. The second-order valence-corrected chi connectivity index (χ2v) is 19.4. The van der Waals surface area contributed by atoms with Crippen LogP contribution < -0.4 is 4.90 Å². The van der Waals surface area contributed by atoms with Crippen molar-refractivity contribution in [3.63, 3.8) is 0 Å². The molecule has 0 bridgehead atoms. The van der Waals surface area contributed by atoms with Gasteiger partial charge in [0.1, 0.15) is 34.8 Å². The third-order valence-electron chi connectivity index (χ3n) is 14.7. The number of anilines is 1. The van der Waals surface area contributed by atoms with Gasteiger partial charge in [-0.15, -0.1) is 11.8 Å². The van der Waals surface area contributed by atoms with E-state index in [0.717, 1.165) is 74.3 Å². The lowest BCUT2D eigenvalue weighted by Crippen LogP contribution is -2.41. The number of aliphatic carboxylic acids is 2. The summed E-state index contributed by atoms with van der Waals surface area (Å²) in [7, 11) is 0. The number of aryl methyl sites for hydroxylation is 1. The van der Waals surface area contributed by atoms with Crippen LogP contribution in [0.2, 0.25) is 0 Å². The Morgan fingerprint density at radius 2 is 1.39 bits per heavy atom. The number of furan rings is 1. The van der Waals surface area contributed by atoms with Gasteiger partial charge in [0.25, 0.3) is 0 Å². The lowest BCUT2D eigenvalue weighted by atomic mass is 9.66. The zero-order valence-electron chi connectivity index (χ0n) is 42.5. The first-order valence-electron chi connectivity index (χ1n) is 25.5. The van der Waals surface area contributed by atoms with E-state index < -0.39 is 33.6 Å². The first kappa shape index (κ1) is 51.6. The molecule has 1 atom stereocenters. The highest BCUT2D eigenvalue weighted by atomic mass is 16.6. The number of nitriles is 2. The van der Waals surface area contributed by atoms with E-state index in [0.29, 0.717) is 29.9 Å². The Balaban J connectivity index is 1.33. The molecule has 2 aliphatic heterocycles. The summed E-state index contributed by atoms with van der Waals surface area (Å²) in [6.07, 6.45) is 8.20. The molecule has 1 aromatic heterocycles. The van der Waals surface area contributed by atoms with Crippen molar-refractivity contribution in [3.05, 3.63) is 218 Å². The third kappa shape index (κ3) is 9.91. The first-order valence-corrected chi connectivity index (χ1v) is 25.5. The van der Waals surface area contributed by atoms with Gasteiger partial charge in [0, 0.05) is 36.3 Å². The highest BCUT2D eigenvalue weighted by Gasteiger charge is 2.56. The number of hydrogen-bond acceptors (Lipinski definition) is 8. The van der Waals surface area contributed by atoms with Crippen molar-refractivity contribution < 1.29 is 33.7 Å². The molecule has 2 N–H and O–H groups in total. The number of carbonyl (C=O) groups is 2. The van der Waals surface area contributed by atoms with Crippen LogP contribution in [0.4, 0.5) is 17.3 Å². The van der Waals surface area contributed by atoms with Crippen molar-refractivity contribution in [2.75, 3.05) is 18.0 Å². The van der Waals surface area contributed by atoms with Crippen molar-refractivity contribution >= 4 is 56.5 Å². The molecule has 0 spiro atoms. The lowest BCUT2D eigenvalue weighted by Gasteiger charge is -2.32. The summed E-state index contributed by atoms with van der Waals surface area (Å²) < 4.78 is 7.90. The Labute approximate surface area is 441 Å². The predicted molar refractivity (Wildman–Crippen MR) is 294 cm³/mol. The van der Waals surface area contributed by atoms with Crippen LogP contribution in [0.1, 0.15) is 79.5 Å². The number of nitrogens with zero attached hydrogens (tertiary/aromatic N) is 5. The quantitative estimate of drug-likeness (QED) is 0.0142. The number of hydrogen-bond donors (Lipinski definition) is 2. The van der Waals surface area contributed by atoms with Crippen LogP contribution in [0.3, 0.4) is 0 Å². The molecule has 12 heteroatoms. The fraction of sp³-hybridized carbons (Fsp3) is 0.234. The number of rotatable bonds is 20. The van der Waals surface area contributed by atoms with E-state index in [4.69, 9.17) is 4.42 Å². The van der Waals surface area contributed by atoms with Gasteiger partial charge in [0.15, 0.2) is 6.54 Å². The SMILES string of the molecule is CC#CCC1(Cc2ccc([N+](=O)[O-])o2)/C(=C(C#N)/C=C/C=C(\C#N)C2=[N+](CCC(=O)O)c3c(c4ccccc4c4ccccc34)C2(Cc2ccccc2)Cc2ccccc2)N(CCC(=O)O)c2ccc(CCCC)cc21. The molecule has 76 heavy (non-hydrogen) atoms. The second-order valence-electron chi connectivity index (χ2n) is 19.4. The summed E-state index contributed by atoms with van der Waals surface area (Å²) >= 11 is 0. The summed E-state index contributed by atoms with van der Waals surface area (Å²) in [5, 5.41) is 59.6. The molecule has 9 rings (SSSR count). The van der Waals surface area contributed by atoms with E-state index >= 15 is 0 Å². The largest absolute Gasteiger partial charge is 0.481 e. The van der Waals surface area contributed by atoms with Crippen LogP contribution in [0.5, 0.6) is 0 Å². The van der Waals surface area contributed by atoms with E-state index in [-0.39, 0.29) is 55.7 Å². The number of benzene rings is 6. The van der Waals surface area contributed by atoms with Gasteiger partial charge < -0.3 is 19.5 Å². The zero-order chi connectivity index (χ0) is 53.4. The molecule has 0 saturated carbocycles. The fourth-order valence-electron chi connectivity index (χ4n) is 11.7. The lowest BCUT2D eigenvalue weighted by molar-refractivity contribution is -0.435. The number of carboxylic acid groups (broad SMARTS) is 2. The van der Waals surface area contributed by atoms with Crippen LogP contribution in [0.15, 0.2) is 179 Å². The van der Waals surface area contributed by atoms with E-state index in [2.05, 4.69) is 85.5 Å². The van der Waals surface area contributed by atoms with Crippen molar-refractivity contribution in [1.29, 1.82) is 10.5 Å². The summed E-state index contributed by atoms with van der Waals surface area (Å²) in [4.78, 5) is 38.3. The number of nitro groups is 1. The van der Waals surface area contributed by atoms with E-state index in [9.17, 15) is 40.4 Å². The average molecular weight is 1010 g/mol. The normalized spacial score (nSPS) is 16.3. The maximum atomic E-state index is 12.7. The molecule has 6 aromatic carbocycles. The highest BCUT2D eigenvalue weighted by Crippen LogP contribution is 2.55. The Hall–Kier alpha value is -9.31. The fourth-order valence-corrected chi connectivity index (χ4v) is 11.7. The van der Waals surface area contributed by atoms with Crippen LogP contribution in [-0.4, -0.2) is 50.5 Å². The van der Waals surface area contributed by atoms with E-state index in [1.54, 1.807) is 31.2 Å². The average Bonchev–Trinajstić information content (AvgIpc) is 4.26.